The van der Waals surface area contributed by atoms with Gasteiger partial charge in [-0.3, -0.25) is 9.59 Å². The smallest absolute Gasteiger partial charge is 0.251 e. The number of para-hydroxylation sites is 2. The van der Waals surface area contributed by atoms with Gasteiger partial charge in [0.1, 0.15) is 12.4 Å². The van der Waals surface area contributed by atoms with Gasteiger partial charge in [-0.1, -0.05) is 29.8 Å². The summed E-state index contributed by atoms with van der Waals surface area (Å²) < 4.78 is 2.01. The summed E-state index contributed by atoms with van der Waals surface area (Å²) in [5, 5.41) is 2.98. The van der Waals surface area contributed by atoms with E-state index in [1.54, 1.807) is 0 Å². The van der Waals surface area contributed by atoms with Gasteiger partial charge in [-0.25, -0.2) is 4.98 Å². The Balaban J connectivity index is 1.47. The molecule has 6 heteroatoms. The third kappa shape index (κ3) is 4.53. The van der Waals surface area contributed by atoms with Crippen molar-refractivity contribution in [3.05, 3.63) is 65.5 Å². The molecule has 0 atom stereocenters. The number of amides is 2. The zero-order valence-corrected chi connectivity index (χ0v) is 17.4. The molecule has 3 aromatic rings. The Morgan fingerprint density at radius 2 is 1.83 bits per heavy atom. The summed E-state index contributed by atoms with van der Waals surface area (Å²) in [7, 11) is 0. The fraction of sp³-hybridized carbons (Fsp3) is 0.375. The largest absolute Gasteiger partial charge is 0.352 e. The Morgan fingerprint density at radius 1 is 1.03 bits per heavy atom. The number of aryl methyl sites for hydroxylation is 1. The van der Waals surface area contributed by atoms with Crippen LogP contribution in [0.4, 0.5) is 0 Å². The number of likely N-dealkylation sites (tertiary alicyclic amines) is 1. The lowest BCUT2D eigenvalue weighted by atomic mass is 10.1. The fourth-order valence-corrected chi connectivity index (χ4v) is 4.05. The predicted octanol–water partition coefficient (Wildman–Crippen LogP) is 3.33. The summed E-state index contributed by atoms with van der Waals surface area (Å²) >= 11 is 0. The van der Waals surface area contributed by atoms with Crippen LogP contribution in [-0.2, 0) is 17.8 Å². The van der Waals surface area contributed by atoms with Crippen molar-refractivity contribution in [2.24, 2.45) is 0 Å². The average molecular weight is 405 g/mol. The molecule has 30 heavy (non-hydrogen) atoms. The second-order valence-corrected chi connectivity index (χ2v) is 7.92. The Labute approximate surface area is 176 Å². The first-order valence-corrected chi connectivity index (χ1v) is 10.7. The predicted molar refractivity (Wildman–Crippen MR) is 117 cm³/mol. The lowest BCUT2D eigenvalue weighted by Crippen LogP contribution is -2.38. The molecular weight excluding hydrogens is 376 g/mol. The Morgan fingerprint density at radius 3 is 2.63 bits per heavy atom. The van der Waals surface area contributed by atoms with Gasteiger partial charge in [0, 0.05) is 31.6 Å². The molecule has 4 rings (SSSR count). The lowest BCUT2D eigenvalue weighted by Gasteiger charge is -2.27. The summed E-state index contributed by atoms with van der Waals surface area (Å²) in [6.07, 6.45) is 3.92. The molecule has 1 saturated heterocycles. The maximum atomic E-state index is 12.9. The van der Waals surface area contributed by atoms with Gasteiger partial charge < -0.3 is 14.8 Å². The fourth-order valence-electron chi connectivity index (χ4n) is 4.05. The molecular formula is C24H28N4O2. The van der Waals surface area contributed by atoms with E-state index in [4.69, 9.17) is 4.98 Å². The molecule has 0 spiro atoms. The van der Waals surface area contributed by atoms with Crippen LogP contribution in [-0.4, -0.2) is 45.9 Å². The van der Waals surface area contributed by atoms with Crippen molar-refractivity contribution in [3.63, 3.8) is 0 Å². The summed E-state index contributed by atoms with van der Waals surface area (Å²) in [6, 6.07) is 15.4. The number of carbonyl (C=O) groups excluding carboxylic acids is 2. The molecule has 0 saturated carbocycles. The van der Waals surface area contributed by atoms with Gasteiger partial charge in [-0.05, 0) is 50.5 Å². The normalized spacial score (nSPS) is 14.1. The van der Waals surface area contributed by atoms with Crippen LogP contribution in [0.1, 0.15) is 41.0 Å². The zero-order valence-electron chi connectivity index (χ0n) is 17.4. The topological polar surface area (TPSA) is 67.2 Å². The van der Waals surface area contributed by atoms with E-state index in [1.807, 2.05) is 64.9 Å². The standard InChI is InChI=1S/C24H28N4O2/c1-18-8-7-9-19(16-18)24(30)25-13-12-22-26-20-10-3-4-11-21(20)28(22)17-23(29)27-14-5-2-6-15-27/h3-4,7-11,16H,2,5-6,12-15,17H2,1H3,(H,25,30). The van der Waals surface area contributed by atoms with Crippen molar-refractivity contribution in [2.45, 2.75) is 39.2 Å². The van der Waals surface area contributed by atoms with Crippen molar-refractivity contribution in [1.29, 1.82) is 0 Å². The van der Waals surface area contributed by atoms with Crippen LogP contribution >= 0.6 is 0 Å². The van der Waals surface area contributed by atoms with Gasteiger partial charge in [0.15, 0.2) is 0 Å². The summed E-state index contributed by atoms with van der Waals surface area (Å²) in [4.78, 5) is 32.0. The molecule has 1 aliphatic rings. The Kier molecular flexibility index (Phi) is 6.12. The molecule has 1 N–H and O–H groups in total. The van der Waals surface area contributed by atoms with Crippen molar-refractivity contribution < 1.29 is 9.59 Å². The summed E-state index contributed by atoms with van der Waals surface area (Å²) in [5.41, 5.74) is 3.55. The molecule has 6 nitrogen and oxygen atoms in total. The molecule has 2 aromatic carbocycles. The second kappa shape index (κ2) is 9.11. The minimum absolute atomic E-state index is 0.0919. The molecule has 1 fully saturated rings. The number of piperidine rings is 1. The van der Waals surface area contributed by atoms with Crippen LogP contribution in [0.25, 0.3) is 11.0 Å². The van der Waals surface area contributed by atoms with Gasteiger partial charge >= 0.3 is 0 Å². The number of fused-ring (bicyclic) bond motifs is 1. The third-order valence-corrected chi connectivity index (χ3v) is 5.65. The number of carbonyl (C=O) groups is 2. The quantitative estimate of drug-likeness (QED) is 0.685. The van der Waals surface area contributed by atoms with E-state index >= 15 is 0 Å². The van der Waals surface area contributed by atoms with Gasteiger partial charge in [-0.2, -0.15) is 0 Å². The number of imidazole rings is 1. The van der Waals surface area contributed by atoms with Crippen LogP contribution in [0.2, 0.25) is 0 Å². The highest BCUT2D eigenvalue weighted by Crippen LogP contribution is 2.18. The molecule has 0 aliphatic carbocycles. The summed E-state index contributed by atoms with van der Waals surface area (Å²) in [5.74, 6) is 0.875. The first-order valence-electron chi connectivity index (χ1n) is 10.7. The van der Waals surface area contributed by atoms with E-state index in [1.165, 1.54) is 6.42 Å². The highest BCUT2D eigenvalue weighted by Gasteiger charge is 2.20. The Bertz CT molecular complexity index is 1050. The third-order valence-electron chi connectivity index (χ3n) is 5.65. The number of nitrogens with zero attached hydrogens (tertiary/aromatic N) is 3. The summed E-state index contributed by atoms with van der Waals surface area (Å²) in [6.45, 7) is 4.41. The van der Waals surface area contributed by atoms with Gasteiger partial charge in [0.25, 0.3) is 5.91 Å². The van der Waals surface area contributed by atoms with E-state index < -0.39 is 0 Å². The van der Waals surface area contributed by atoms with E-state index in [9.17, 15) is 9.59 Å². The second-order valence-electron chi connectivity index (χ2n) is 7.92. The number of hydrogen-bond donors (Lipinski definition) is 1. The van der Waals surface area contributed by atoms with E-state index in [0.29, 0.717) is 25.1 Å². The van der Waals surface area contributed by atoms with Crippen molar-refractivity contribution >= 4 is 22.8 Å². The molecule has 1 aliphatic heterocycles. The van der Waals surface area contributed by atoms with Gasteiger partial charge in [0.05, 0.1) is 11.0 Å². The average Bonchev–Trinajstić information content (AvgIpc) is 3.11. The number of hydrogen-bond acceptors (Lipinski definition) is 3. The zero-order chi connectivity index (χ0) is 20.9. The van der Waals surface area contributed by atoms with E-state index in [2.05, 4.69) is 5.32 Å². The van der Waals surface area contributed by atoms with Crippen molar-refractivity contribution in [1.82, 2.24) is 19.8 Å². The maximum absolute atomic E-state index is 12.9. The van der Waals surface area contributed by atoms with E-state index in [-0.39, 0.29) is 11.8 Å². The van der Waals surface area contributed by atoms with Gasteiger partial charge in [0.2, 0.25) is 5.91 Å². The number of rotatable bonds is 6. The van der Waals surface area contributed by atoms with Crippen molar-refractivity contribution in [3.8, 4) is 0 Å². The van der Waals surface area contributed by atoms with E-state index in [0.717, 1.165) is 48.4 Å². The first-order chi connectivity index (χ1) is 14.6. The number of aromatic nitrogens is 2. The molecule has 2 amide bonds. The monoisotopic (exact) mass is 404 g/mol. The maximum Gasteiger partial charge on any atom is 0.251 e. The van der Waals surface area contributed by atoms with Crippen LogP contribution in [0, 0.1) is 6.92 Å². The van der Waals surface area contributed by atoms with Crippen LogP contribution in [0.5, 0.6) is 0 Å². The minimum atomic E-state index is -0.0919. The molecule has 1 aromatic heterocycles. The van der Waals surface area contributed by atoms with Crippen LogP contribution in [0.15, 0.2) is 48.5 Å². The number of nitrogens with one attached hydrogen (secondary N) is 1. The lowest BCUT2D eigenvalue weighted by molar-refractivity contribution is -0.132. The van der Waals surface area contributed by atoms with Gasteiger partial charge in [-0.15, -0.1) is 0 Å². The first kappa shape index (κ1) is 20.1. The highest BCUT2D eigenvalue weighted by atomic mass is 16.2. The van der Waals surface area contributed by atoms with Crippen LogP contribution in [0.3, 0.4) is 0 Å². The Hall–Kier alpha value is -3.15. The number of benzene rings is 2. The minimum Gasteiger partial charge on any atom is -0.352 e. The molecule has 156 valence electrons. The molecule has 0 unspecified atom stereocenters. The highest BCUT2D eigenvalue weighted by molar-refractivity contribution is 5.94. The van der Waals surface area contributed by atoms with Crippen LogP contribution < -0.4 is 5.32 Å². The SMILES string of the molecule is Cc1cccc(C(=O)NCCc2nc3ccccc3n2CC(=O)N2CCCCC2)c1. The molecule has 2 heterocycles. The molecule has 0 bridgehead atoms. The van der Waals surface area contributed by atoms with Crippen molar-refractivity contribution in [2.75, 3.05) is 19.6 Å². The molecule has 0 radical (unpaired) electrons.